The van der Waals surface area contributed by atoms with Crippen LogP contribution in [0.2, 0.25) is 0 Å². The Labute approximate surface area is 158 Å². The number of nitrogens with two attached hydrogens (primary N) is 1. The van der Waals surface area contributed by atoms with E-state index in [2.05, 4.69) is 12.0 Å². The van der Waals surface area contributed by atoms with Crippen LogP contribution in [-0.4, -0.2) is 39.6 Å². The smallest absolute Gasteiger partial charge is 0.274 e. The summed E-state index contributed by atoms with van der Waals surface area (Å²) in [5.41, 5.74) is 5.53. The Bertz CT molecular complexity index is 906. The molecule has 1 aliphatic heterocycles. The molecule has 0 saturated carbocycles. The zero-order chi connectivity index (χ0) is 19.4. The Morgan fingerprint density at radius 2 is 1.96 bits per heavy atom. The highest BCUT2D eigenvalue weighted by Gasteiger charge is 2.29. The number of carbonyl (C=O) groups excluding carboxylic acids is 2. The molecule has 1 fully saturated rings. The molecule has 3 rings (SSSR count). The summed E-state index contributed by atoms with van der Waals surface area (Å²) in [7, 11) is 0. The number of aryl methyl sites for hydroxylation is 1. The van der Waals surface area contributed by atoms with Crippen molar-refractivity contribution in [3.63, 3.8) is 0 Å². The highest BCUT2D eigenvalue weighted by atomic mass is 16.2. The van der Waals surface area contributed by atoms with Gasteiger partial charge in [-0.05, 0) is 25.3 Å². The van der Waals surface area contributed by atoms with Gasteiger partial charge in [-0.3, -0.25) is 14.4 Å². The van der Waals surface area contributed by atoms with Gasteiger partial charge < -0.3 is 10.6 Å². The first kappa shape index (κ1) is 19.1. The average Bonchev–Trinajstić information content (AvgIpc) is 2.69. The minimum atomic E-state index is -0.380. The molecule has 1 saturated heterocycles. The maximum Gasteiger partial charge on any atom is 0.274 e. The summed E-state index contributed by atoms with van der Waals surface area (Å²) in [5, 5.41) is 5.47. The largest absolute Gasteiger partial charge is 0.369 e. The number of benzene rings is 1. The van der Waals surface area contributed by atoms with Gasteiger partial charge in [-0.25, -0.2) is 4.68 Å². The number of nitrogens with zero attached hydrogens (tertiary/aromatic N) is 3. The molecule has 0 bridgehead atoms. The fraction of sp³-hybridized carbons (Fsp3) is 0.500. The molecular formula is C20H26N4O3. The monoisotopic (exact) mass is 370 g/mol. The molecule has 27 heavy (non-hydrogen) atoms. The highest BCUT2D eigenvalue weighted by molar-refractivity contribution is 6.05. The van der Waals surface area contributed by atoms with Crippen molar-refractivity contribution in [2.45, 2.75) is 45.6 Å². The van der Waals surface area contributed by atoms with Gasteiger partial charge in [0.15, 0.2) is 5.69 Å². The molecule has 0 aliphatic carbocycles. The van der Waals surface area contributed by atoms with Gasteiger partial charge in [-0.1, -0.05) is 38.0 Å². The second kappa shape index (κ2) is 8.33. The lowest BCUT2D eigenvalue weighted by molar-refractivity contribution is -0.123. The summed E-state index contributed by atoms with van der Waals surface area (Å²) in [6, 6.07) is 7.07. The highest BCUT2D eigenvalue weighted by Crippen LogP contribution is 2.21. The average molecular weight is 370 g/mol. The number of primary amides is 1. The van der Waals surface area contributed by atoms with Crippen molar-refractivity contribution in [2.75, 3.05) is 13.1 Å². The zero-order valence-corrected chi connectivity index (χ0v) is 15.7. The third-order valence-electron chi connectivity index (χ3n) is 5.15. The normalized spacial score (nSPS) is 17.2. The zero-order valence-electron chi connectivity index (χ0n) is 15.7. The molecule has 0 unspecified atom stereocenters. The van der Waals surface area contributed by atoms with Crippen molar-refractivity contribution in [2.24, 2.45) is 11.7 Å². The molecule has 2 amide bonds. The number of rotatable bonds is 6. The van der Waals surface area contributed by atoms with E-state index < -0.39 is 0 Å². The van der Waals surface area contributed by atoms with Crippen molar-refractivity contribution < 1.29 is 9.59 Å². The number of fused-ring (bicyclic) bond motifs is 1. The van der Waals surface area contributed by atoms with E-state index in [-0.39, 0.29) is 29.0 Å². The Morgan fingerprint density at radius 1 is 1.22 bits per heavy atom. The Kier molecular flexibility index (Phi) is 5.88. The van der Waals surface area contributed by atoms with Gasteiger partial charge in [-0.2, -0.15) is 5.10 Å². The SMILES string of the molecule is CCCCCn1nc(C(=O)N2CCC[C@H](C(N)=O)C2)c2ccccc2c1=O. The molecule has 0 radical (unpaired) electrons. The predicted molar refractivity (Wildman–Crippen MR) is 103 cm³/mol. The third kappa shape index (κ3) is 4.02. The quantitative estimate of drug-likeness (QED) is 0.786. The predicted octanol–water partition coefficient (Wildman–Crippen LogP) is 1.92. The minimum absolute atomic E-state index is 0.174. The van der Waals surface area contributed by atoms with E-state index in [1.54, 1.807) is 29.2 Å². The summed E-state index contributed by atoms with van der Waals surface area (Å²) in [5.74, 6) is -0.958. The van der Waals surface area contributed by atoms with Crippen molar-refractivity contribution in [1.82, 2.24) is 14.7 Å². The molecule has 2 N–H and O–H groups in total. The molecule has 1 atom stereocenters. The minimum Gasteiger partial charge on any atom is -0.369 e. The van der Waals surface area contributed by atoms with E-state index in [4.69, 9.17) is 5.73 Å². The number of amides is 2. The summed E-state index contributed by atoms with van der Waals surface area (Å²) >= 11 is 0. The topological polar surface area (TPSA) is 98.3 Å². The van der Waals surface area contributed by atoms with E-state index in [0.29, 0.717) is 36.8 Å². The summed E-state index contributed by atoms with van der Waals surface area (Å²) in [6.45, 7) is 3.45. The number of likely N-dealkylation sites (tertiary alicyclic amines) is 1. The number of aromatic nitrogens is 2. The van der Waals surface area contributed by atoms with Crippen molar-refractivity contribution in [3.8, 4) is 0 Å². The molecule has 2 heterocycles. The number of piperidine rings is 1. The fourth-order valence-electron chi connectivity index (χ4n) is 3.60. The van der Waals surface area contributed by atoms with E-state index in [1.807, 2.05) is 0 Å². The molecular weight excluding hydrogens is 344 g/mol. The van der Waals surface area contributed by atoms with E-state index in [9.17, 15) is 14.4 Å². The molecule has 0 spiro atoms. The van der Waals surface area contributed by atoms with Gasteiger partial charge in [0.2, 0.25) is 5.91 Å². The van der Waals surface area contributed by atoms with Gasteiger partial charge in [0.1, 0.15) is 0 Å². The standard InChI is InChI=1S/C20H26N4O3/c1-2-3-6-12-24-19(26)16-10-5-4-9-15(16)17(22-24)20(27)23-11-7-8-14(13-23)18(21)25/h4-5,9-10,14H,2-3,6-8,11-13H2,1H3,(H2,21,25)/t14-/m0/s1. The number of hydrogen-bond acceptors (Lipinski definition) is 4. The van der Waals surface area contributed by atoms with Crippen LogP contribution in [-0.2, 0) is 11.3 Å². The lowest BCUT2D eigenvalue weighted by Gasteiger charge is -2.31. The van der Waals surface area contributed by atoms with Gasteiger partial charge >= 0.3 is 0 Å². The van der Waals surface area contributed by atoms with Crippen LogP contribution >= 0.6 is 0 Å². The van der Waals surface area contributed by atoms with Gasteiger partial charge in [0.25, 0.3) is 11.5 Å². The van der Waals surface area contributed by atoms with Crippen LogP contribution in [0, 0.1) is 5.92 Å². The molecule has 144 valence electrons. The first-order chi connectivity index (χ1) is 13.0. The van der Waals surface area contributed by atoms with Crippen LogP contribution in [0.25, 0.3) is 10.8 Å². The number of hydrogen-bond donors (Lipinski definition) is 1. The summed E-state index contributed by atoms with van der Waals surface area (Å²) in [4.78, 5) is 39.1. The fourth-order valence-corrected chi connectivity index (χ4v) is 3.60. The van der Waals surface area contributed by atoms with Crippen molar-refractivity contribution in [1.29, 1.82) is 0 Å². The maximum absolute atomic E-state index is 13.2. The second-order valence-electron chi connectivity index (χ2n) is 7.12. The van der Waals surface area contributed by atoms with Crippen LogP contribution in [0.5, 0.6) is 0 Å². The molecule has 1 aromatic heterocycles. The Balaban J connectivity index is 1.99. The molecule has 7 nitrogen and oxygen atoms in total. The van der Waals surface area contributed by atoms with Gasteiger partial charge in [0, 0.05) is 25.0 Å². The Morgan fingerprint density at radius 3 is 2.67 bits per heavy atom. The number of carbonyl (C=O) groups is 2. The first-order valence-corrected chi connectivity index (χ1v) is 9.61. The lowest BCUT2D eigenvalue weighted by atomic mass is 9.97. The van der Waals surface area contributed by atoms with Crippen molar-refractivity contribution in [3.05, 3.63) is 40.3 Å². The van der Waals surface area contributed by atoms with Gasteiger partial charge in [-0.15, -0.1) is 0 Å². The summed E-state index contributed by atoms with van der Waals surface area (Å²) < 4.78 is 1.40. The first-order valence-electron chi connectivity index (χ1n) is 9.61. The number of unbranched alkanes of at least 4 members (excludes halogenated alkanes) is 2. The van der Waals surface area contributed by atoms with E-state index in [1.165, 1.54) is 4.68 Å². The maximum atomic E-state index is 13.2. The molecule has 7 heteroatoms. The van der Waals surface area contributed by atoms with Crippen molar-refractivity contribution >= 4 is 22.6 Å². The molecule has 1 aliphatic rings. The second-order valence-corrected chi connectivity index (χ2v) is 7.12. The third-order valence-corrected chi connectivity index (χ3v) is 5.15. The van der Waals surface area contributed by atoms with Gasteiger partial charge in [0.05, 0.1) is 11.3 Å². The van der Waals surface area contributed by atoms with Crippen LogP contribution in [0.1, 0.15) is 49.5 Å². The van der Waals surface area contributed by atoms with Crippen LogP contribution in [0.3, 0.4) is 0 Å². The summed E-state index contributed by atoms with van der Waals surface area (Å²) in [6.07, 6.45) is 4.30. The molecule has 1 aromatic carbocycles. The van der Waals surface area contributed by atoms with E-state index in [0.717, 1.165) is 25.7 Å². The van der Waals surface area contributed by atoms with Crippen LogP contribution < -0.4 is 11.3 Å². The van der Waals surface area contributed by atoms with Crippen LogP contribution in [0.15, 0.2) is 29.1 Å². The van der Waals surface area contributed by atoms with Crippen LogP contribution in [0.4, 0.5) is 0 Å². The lowest BCUT2D eigenvalue weighted by Crippen LogP contribution is -2.44. The van der Waals surface area contributed by atoms with E-state index >= 15 is 0 Å². The Hall–Kier alpha value is -2.70. The molecule has 2 aromatic rings.